The molecule has 0 spiro atoms. The number of nitrogens with zero attached hydrogens (tertiary/aromatic N) is 3. The van der Waals surface area contributed by atoms with Gasteiger partial charge in [-0.1, -0.05) is 37.6 Å². The predicted octanol–water partition coefficient (Wildman–Crippen LogP) is 4.66. The van der Waals surface area contributed by atoms with E-state index in [1.165, 1.54) is 7.05 Å². The maximum atomic E-state index is 14.3. The van der Waals surface area contributed by atoms with Gasteiger partial charge in [0.05, 0.1) is 6.42 Å². The Morgan fingerprint density at radius 1 is 1.32 bits per heavy atom. The van der Waals surface area contributed by atoms with Crippen LogP contribution in [0.1, 0.15) is 67.0 Å². The standard InChI is InChI=1S/C21H26F3N3O/c1-12(2)16-8-5-13(3)9-14(16)11-27(15-6-7-15)18(28)10-17-19(20(22)23)25-26(4)21(17)24/h5,8-9,12,15,20H,6-7,10-11H2,1-4H3. The molecule has 0 radical (unpaired) electrons. The molecule has 1 saturated carbocycles. The van der Waals surface area contributed by atoms with Gasteiger partial charge in [-0.3, -0.25) is 4.79 Å². The molecule has 0 aliphatic heterocycles. The van der Waals surface area contributed by atoms with Crippen molar-refractivity contribution in [3.63, 3.8) is 0 Å². The smallest absolute Gasteiger partial charge is 0.282 e. The Labute approximate surface area is 163 Å². The van der Waals surface area contributed by atoms with E-state index < -0.39 is 24.5 Å². The SMILES string of the molecule is Cc1ccc(C(C)C)c(CN(C(=O)Cc2c(C(F)F)nn(C)c2F)C2CC2)c1. The molecule has 1 heterocycles. The molecule has 0 saturated heterocycles. The number of benzene rings is 1. The Kier molecular flexibility index (Phi) is 5.82. The molecular formula is C21H26F3N3O. The van der Waals surface area contributed by atoms with E-state index in [1.54, 1.807) is 4.90 Å². The molecule has 1 aromatic heterocycles. The van der Waals surface area contributed by atoms with Crippen molar-refractivity contribution in [2.24, 2.45) is 7.05 Å². The lowest BCUT2D eigenvalue weighted by Crippen LogP contribution is -2.34. The van der Waals surface area contributed by atoms with Gasteiger partial charge in [0, 0.05) is 25.2 Å². The maximum Gasteiger partial charge on any atom is 0.282 e. The summed E-state index contributed by atoms with van der Waals surface area (Å²) in [4.78, 5) is 14.7. The lowest BCUT2D eigenvalue weighted by molar-refractivity contribution is -0.131. The molecule has 0 bridgehead atoms. The third-order valence-electron chi connectivity index (χ3n) is 5.20. The van der Waals surface area contributed by atoms with Crippen molar-refractivity contribution in [3.8, 4) is 0 Å². The molecule has 1 aliphatic carbocycles. The van der Waals surface area contributed by atoms with E-state index >= 15 is 0 Å². The summed E-state index contributed by atoms with van der Waals surface area (Å²) in [5.41, 5.74) is 2.35. The van der Waals surface area contributed by atoms with E-state index in [2.05, 4.69) is 31.1 Å². The zero-order chi connectivity index (χ0) is 20.6. The second-order valence-electron chi connectivity index (χ2n) is 7.87. The minimum atomic E-state index is -2.92. The first-order valence-corrected chi connectivity index (χ1v) is 9.57. The van der Waals surface area contributed by atoms with E-state index in [-0.39, 0.29) is 17.5 Å². The van der Waals surface area contributed by atoms with Crippen molar-refractivity contribution in [2.75, 3.05) is 0 Å². The van der Waals surface area contributed by atoms with Gasteiger partial charge in [-0.05, 0) is 36.8 Å². The van der Waals surface area contributed by atoms with Gasteiger partial charge >= 0.3 is 0 Å². The zero-order valence-electron chi connectivity index (χ0n) is 16.7. The number of aromatic nitrogens is 2. The summed E-state index contributed by atoms with van der Waals surface area (Å²) in [7, 11) is 1.26. The Bertz CT molecular complexity index is 872. The van der Waals surface area contributed by atoms with Gasteiger partial charge in [0.2, 0.25) is 11.9 Å². The largest absolute Gasteiger partial charge is 0.335 e. The van der Waals surface area contributed by atoms with Crippen LogP contribution in [0.5, 0.6) is 0 Å². The molecule has 152 valence electrons. The zero-order valence-corrected chi connectivity index (χ0v) is 16.7. The van der Waals surface area contributed by atoms with Crippen LogP contribution in [0.25, 0.3) is 0 Å². The molecule has 1 aliphatic rings. The van der Waals surface area contributed by atoms with Gasteiger partial charge in [-0.25, -0.2) is 13.5 Å². The fraction of sp³-hybridized carbons (Fsp3) is 0.524. The molecule has 1 aromatic carbocycles. The van der Waals surface area contributed by atoms with Crippen LogP contribution in [-0.4, -0.2) is 26.6 Å². The Balaban J connectivity index is 1.87. The molecule has 28 heavy (non-hydrogen) atoms. The average molecular weight is 393 g/mol. The van der Waals surface area contributed by atoms with E-state index in [1.807, 2.05) is 13.0 Å². The highest BCUT2D eigenvalue weighted by atomic mass is 19.3. The predicted molar refractivity (Wildman–Crippen MR) is 101 cm³/mol. The number of rotatable bonds is 7. The first-order chi connectivity index (χ1) is 13.2. The number of alkyl halides is 2. The van der Waals surface area contributed by atoms with Gasteiger partial charge < -0.3 is 4.90 Å². The number of aryl methyl sites for hydroxylation is 2. The van der Waals surface area contributed by atoms with Gasteiger partial charge in [-0.2, -0.15) is 9.49 Å². The molecule has 3 rings (SSSR count). The van der Waals surface area contributed by atoms with Gasteiger partial charge in [0.15, 0.2) is 0 Å². The normalized spacial score (nSPS) is 14.2. The van der Waals surface area contributed by atoms with Crippen LogP contribution >= 0.6 is 0 Å². The van der Waals surface area contributed by atoms with Crippen LogP contribution < -0.4 is 0 Å². The lowest BCUT2D eigenvalue weighted by Gasteiger charge is -2.25. The summed E-state index contributed by atoms with van der Waals surface area (Å²) in [5, 5.41) is 3.54. The third kappa shape index (κ3) is 4.23. The molecule has 0 N–H and O–H groups in total. The molecule has 2 aromatic rings. The highest BCUT2D eigenvalue weighted by molar-refractivity contribution is 5.79. The summed E-state index contributed by atoms with van der Waals surface area (Å²) in [6.07, 6.45) is -1.56. The van der Waals surface area contributed by atoms with E-state index in [4.69, 9.17) is 0 Å². The molecule has 4 nitrogen and oxygen atoms in total. The van der Waals surface area contributed by atoms with Crippen LogP contribution in [0.4, 0.5) is 13.2 Å². The molecule has 1 amide bonds. The fourth-order valence-corrected chi connectivity index (χ4v) is 3.58. The lowest BCUT2D eigenvalue weighted by atomic mass is 9.95. The minimum Gasteiger partial charge on any atom is -0.335 e. The van der Waals surface area contributed by atoms with Crippen LogP contribution in [-0.2, 0) is 24.8 Å². The van der Waals surface area contributed by atoms with E-state index in [0.717, 1.165) is 34.2 Å². The number of carbonyl (C=O) groups is 1. The van der Waals surface area contributed by atoms with Crippen molar-refractivity contribution in [3.05, 3.63) is 52.1 Å². The van der Waals surface area contributed by atoms with E-state index in [0.29, 0.717) is 12.5 Å². The van der Waals surface area contributed by atoms with Gasteiger partial charge in [-0.15, -0.1) is 0 Å². The van der Waals surface area contributed by atoms with Crippen LogP contribution in [0.2, 0.25) is 0 Å². The summed E-state index contributed by atoms with van der Waals surface area (Å²) in [5.74, 6) is -0.918. The minimum absolute atomic E-state index is 0.0859. The summed E-state index contributed by atoms with van der Waals surface area (Å²) in [6, 6.07) is 6.26. The molecule has 0 atom stereocenters. The second-order valence-corrected chi connectivity index (χ2v) is 7.87. The van der Waals surface area contributed by atoms with Crippen molar-refractivity contribution >= 4 is 5.91 Å². The van der Waals surface area contributed by atoms with Crippen LogP contribution in [0, 0.1) is 12.9 Å². The monoisotopic (exact) mass is 393 g/mol. The van der Waals surface area contributed by atoms with Crippen LogP contribution in [0.15, 0.2) is 18.2 Å². The molecular weight excluding hydrogens is 367 g/mol. The van der Waals surface area contributed by atoms with Gasteiger partial charge in [0.1, 0.15) is 5.69 Å². The number of amides is 1. The molecule has 7 heteroatoms. The second kappa shape index (κ2) is 7.97. The average Bonchev–Trinajstić information content (AvgIpc) is 3.41. The van der Waals surface area contributed by atoms with Crippen LogP contribution in [0.3, 0.4) is 0 Å². The Morgan fingerprint density at radius 2 is 2.00 bits per heavy atom. The van der Waals surface area contributed by atoms with Crippen molar-refractivity contribution < 1.29 is 18.0 Å². The number of halogens is 3. The molecule has 1 fully saturated rings. The highest BCUT2D eigenvalue weighted by Gasteiger charge is 2.35. The number of hydrogen-bond donors (Lipinski definition) is 0. The first-order valence-electron chi connectivity index (χ1n) is 9.57. The van der Waals surface area contributed by atoms with Crippen molar-refractivity contribution in [1.82, 2.24) is 14.7 Å². The quantitative estimate of drug-likeness (QED) is 0.686. The number of hydrogen-bond acceptors (Lipinski definition) is 2. The first kappa shape index (κ1) is 20.4. The summed E-state index contributed by atoms with van der Waals surface area (Å²) in [6.45, 7) is 6.59. The van der Waals surface area contributed by atoms with Crippen molar-refractivity contribution in [1.29, 1.82) is 0 Å². The molecule has 0 unspecified atom stereocenters. The van der Waals surface area contributed by atoms with Gasteiger partial charge in [0.25, 0.3) is 6.43 Å². The van der Waals surface area contributed by atoms with Crippen molar-refractivity contribution in [2.45, 2.75) is 65.0 Å². The Morgan fingerprint density at radius 3 is 2.57 bits per heavy atom. The Hall–Kier alpha value is -2.31. The fourth-order valence-electron chi connectivity index (χ4n) is 3.58. The topological polar surface area (TPSA) is 38.1 Å². The third-order valence-corrected chi connectivity index (χ3v) is 5.20. The summed E-state index contributed by atoms with van der Waals surface area (Å²) < 4.78 is 41.5. The highest BCUT2D eigenvalue weighted by Crippen LogP contribution is 2.32. The maximum absolute atomic E-state index is 14.3. The number of carbonyl (C=O) groups excluding carboxylic acids is 1. The van der Waals surface area contributed by atoms with E-state index in [9.17, 15) is 18.0 Å². The summed E-state index contributed by atoms with van der Waals surface area (Å²) >= 11 is 0.